The molecule has 0 bridgehead atoms. The zero-order chi connectivity index (χ0) is 12.9. The quantitative estimate of drug-likeness (QED) is 0.782. The van der Waals surface area contributed by atoms with Crippen LogP contribution in [0.3, 0.4) is 0 Å². The van der Waals surface area contributed by atoms with Gasteiger partial charge in [-0.1, -0.05) is 13.0 Å². The third-order valence-electron chi connectivity index (χ3n) is 2.38. The van der Waals surface area contributed by atoms with Crippen molar-refractivity contribution in [2.24, 2.45) is 0 Å². The number of hydrogen-bond acceptors (Lipinski definition) is 3. The molecule has 1 aromatic rings. The van der Waals surface area contributed by atoms with Crippen LogP contribution in [-0.4, -0.2) is 34.3 Å². The van der Waals surface area contributed by atoms with E-state index in [1.165, 1.54) is 25.2 Å². The number of anilines is 1. The van der Waals surface area contributed by atoms with Gasteiger partial charge in [0.2, 0.25) is 10.0 Å². The Hall–Kier alpha value is -1.14. The fraction of sp³-hybridized carbons (Fsp3) is 0.455. The van der Waals surface area contributed by atoms with Crippen LogP contribution in [0, 0.1) is 5.82 Å². The Morgan fingerprint density at radius 2 is 2.12 bits per heavy atom. The topological polar surface area (TPSA) is 49.4 Å². The molecular formula is C11H17FN2O2S. The third kappa shape index (κ3) is 3.98. The van der Waals surface area contributed by atoms with Gasteiger partial charge in [-0.2, -0.15) is 0 Å². The third-order valence-corrected chi connectivity index (χ3v) is 4.14. The first-order chi connectivity index (χ1) is 7.97. The van der Waals surface area contributed by atoms with Gasteiger partial charge in [0.25, 0.3) is 0 Å². The summed E-state index contributed by atoms with van der Waals surface area (Å²) in [4.78, 5) is 0. The lowest BCUT2D eigenvalue weighted by molar-refractivity contribution is 0.590. The first-order valence-electron chi connectivity index (χ1n) is 5.40. The van der Waals surface area contributed by atoms with E-state index < -0.39 is 15.8 Å². The van der Waals surface area contributed by atoms with Crippen LogP contribution in [-0.2, 0) is 10.0 Å². The van der Waals surface area contributed by atoms with Crippen molar-refractivity contribution in [2.75, 3.05) is 30.2 Å². The molecule has 0 aliphatic carbocycles. The van der Waals surface area contributed by atoms with Crippen molar-refractivity contribution < 1.29 is 12.8 Å². The minimum atomic E-state index is -3.40. The lowest BCUT2D eigenvalue weighted by atomic mass is 10.3. The highest BCUT2D eigenvalue weighted by Crippen LogP contribution is 2.17. The molecule has 0 aromatic heterocycles. The molecule has 0 aliphatic heterocycles. The molecule has 0 radical (unpaired) electrons. The van der Waals surface area contributed by atoms with E-state index in [2.05, 4.69) is 5.32 Å². The van der Waals surface area contributed by atoms with Crippen LogP contribution in [0.5, 0.6) is 0 Å². The lowest BCUT2D eigenvalue weighted by Crippen LogP contribution is -2.33. The molecule has 1 aromatic carbocycles. The Kier molecular flexibility index (Phi) is 4.89. The summed E-state index contributed by atoms with van der Waals surface area (Å²) in [6, 6.07) is 5.53. The Labute approximate surface area is 101 Å². The maximum atomic E-state index is 13.0. The van der Waals surface area contributed by atoms with Crippen molar-refractivity contribution in [3.05, 3.63) is 30.1 Å². The predicted octanol–water partition coefficient (Wildman–Crippen LogP) is 1.20. The van der Waals surface area contributed by atoms with E-state index in [0.29, 0.717) is 12.2 Å². The highest BCUT2D eigenvalue weighted by atomic mass is 32.2. The van der Waals surface area contributed by atoms with E-state index in [-0.39, 0.29) is 5.75 Å². The number of benzene rings is 1. The molecule has 96 valence electrons. The van der Waals surface area contributed by atoms with Crippen LogP contribution >= 0.6 is 0 Å². The number of nitrogens with one attached hydrogen (secondary N) is 1. The van der Waals surface area contributed by atoms with Gasteiger partial charge in [-0.3, -0.25) is 4.31 Å². The number of hydrogen-bond donors (Lipinski definition) is 1. The molecule has 1 rings (SSSR count). The van der Waals surface area contributed by atoms with E-state index in [9.17, 15) is 12.8 Å². The average Bonchev–Trinajstić information content (AvgIpc) is 2.28. The second-order valence-corrected chi connectivity index (χ2v) is 5.74. The van der Waals surface area contributed by atoms with Gasteiger partial charge >= 0.3 is 0 Å². The number of rotatable bonds is 6. The molecule has 6 heteroatoms. The molecule has 0 atom stereocenters. The molecule has 0 amide bonds. The highest BCUT2D eigenvalue weighted by molar-refractivity contribution is 7.92. The molecule has 1 N–H and O–H groups in total. The van der Waals surface area contributed by atoms with Crippen molar-refractivity contribution in [1.29, 1.82) is 0 Å². The number of nitrogens with zero attached hydrogens (tertiary/aromatic N) is 1. The van der Waals surface area contributed by atoms with Gasteiger partial charge < -0.3 is 5.32 Å². The van der Waals surface area contributed by atoms with Gasteiger partial charge in [0, 0.05) is 13.6 Å². The van der Waals surface area contributed by atoms with Gasteiger partial charge in [0.1, 0.15) is 5.82 Å². The van der Waals surface area contributed by atoms with Crippen molar-refractivity contribution >= 4 is 15.7 Å². The molecule has 0 saturated carbocycles. The van der Waals surface area contributed by atoms with Crippen LogP contribution in [0.2, 0.25) is 0 Å². The van der Waals surface area contributed by atoms with Gasteiger partial charge in [-0.25, -0.2) is 12.8 Å². The molecule has 0 aliphatic rings. The Bertz CT molecular complexity index is 462. The first kappa shape index (κ1) is 13.9. The van der Waals surface area contributed by atoms with Crippen LogP contribution < -0.4 is 9.62 Å². The van der Waals surface area contributed by atoms with E-state index >= 15 is 0 Å². The maximum Gasteiger partial charge on any atom is 0.236 e. The Morgan fingerprint density at radius 3 is 2.71 bits per heavy atom. The molecule has 0 spiro atoms. The van der Waals surface area contributed by atoms with Crippen LogP contribution in [0.1, 0.15) is 6.92 Å². The molecule has 17 heavy (non-hydrogen) atoms. The number of sulfonamides is 1. The Balaban J connectivity index is 2.78. The summed E-state index contributed by atoms with van der Waals surface area (Å²) in [5.41, 5.74) is 0.335. The largest absolute Gasteiger partial charge is 0.316 e. The lowest BCUT2D eigenvalue weighted by Gasteiger charge is -2.19. The summed E-state index contributed by atoms with van der Waals surface area (Å²) in [5, 5.41) is 2.94. The van der Waals surface area contributed by atoms with Gasteiger partial charge in [-0.15, -0.1) is 0 Å². The smallest absolute Gasteiger partial charge is 0.236 e. The zero-order valence-electron chi connectivity index (χ0n) is 9.98. The highest BCUT2D eigenvalue weighted by Gasteiger charge is 2.17. The van der Waals surface area contributed by atoms with Crippen LogP contribution in [0.4, 0.5) is 10.1 Å². The van der Waals surface area contributed by atoms with Crippen molar-refractivity contribution in [3.63, 3.8) is 0 Å². The molecule has 0 heterocycles. The van der Waals surface area contributed by atoms with Gasteiger partial charge in [0.15, 0.2) is 0 Å². The minimum Gasteiger partial charge on any atom is -0.316 e. The number of halogens is 1. The minimum absolute atomic E-state index is 0.00610. The van der Waals surface area contributed by atoms with E-state index in [1.54, 1.807) is 6.07 Å². The summed E-state index contributed by atoms with van der Waals surface area (Å²) in [6.45, 7) is 3.01. The maximum absolute atomic E-state index is 13.0. The molecule has 4 nitrogen and oxygen atoms in total. The van der Waals surface area contributed by atoms with Crippen molar-refractivity contribution in [1.82, 2.24) is 5.32 Å². The average molecular weight is 260 g/mol. The fourth-order valence-electron chi connectivity index (χ4n) is 1.35. The van der Waals surface area contributed by atoms with Crippen LogP contribution in [0.25, 0.3) is 0 Å². The van der Waals surface area contributed by atoms with Crippen LogP contribution in [0.15, 0.2) is 24.3 Å². The van der Waals surface area contributed by atoms with Crippen molar-refractivity contribution in [2.45, 2.75) is 6.92 Å². The summed E-state index contributed by atoms with van der Waals surface area (Å²) < 4.78 is 37.9. The summed E-state index contributed by atoms with van der Waals surface area (Å²) in [5.74, 6) is -0.454. The van der Waals surface area contributed by atoms with E-state index in [0.717, 1.165) is 10.8 Å². The molecular weight excluding hydrogens is 243 g/mol. The molecule has 0 fully saturated rings. The second kappa shape index (κ2) is 5.97. The fourth-order valence-corrected chi connectivity index (χ4v) is 2.46. The van der Waals surface area contributed by atoms with Crippen molar-refractivity contribution in [3.8, 4) is 0 Å². The summed E-state index contributed by atoms with van der Waals surface area (Å²) in [7, 11) is -1.97. The zero-order valence-corrected chi connectivity index (χ0v) is 10.8. The summed E-state index contributed by atoms with van der Waals surface area (Å²) in [6.07, 6.45) is 0. The molecule has 0 saturated heterocycles. The Morgan fingerprint density at radius 1 is 1.41 bits per heavy atom. The van der Waals surface area contributed by atoms with Gasteiger partial charge in [0.05, 0.1) is 11.4 Å². The van der Waals surface area contributed by atoms with Gasteiger partial charge in [-0.05, 0) is 24.7 Å². The standard InChI is InChI=1S/C11H17FN2O2S/c1-3-13-7-8-17(15,16)14(2)11-6-4-5-10(12)9-11/h4-6,9,13H,3,7-8H2,1-2H3. The summed E-state index contributed by atoms with van der Waals surface area (Å²) >= 11 is 0. The SMILES string of the molecule is CCNCCS(=O)(=O)N(C)c1cccc(F)c1. The first-order valence-corrected chi connectivity index (χ1v) is 7.01. The van der Waals surface area contributed by atoms with E-state index in [4.69, 9.17) is 0 Å². The monoisotopic (exact) mass is 260 g/mol. The normalized spacial score (nSPS) is 11.5. The predicted molar refractivity (Wildman–Crippen MR) is 67.1 cm³/mol. The second-order valence-electron chi connectivity index (χ2n) is 3.62. The van der Waals surface area contributed by atoms with E-state index in [1.807, 2.05) is 6.92 Å². The molecule has 0 unspecified atom stereocenters.